The number of phenols is 1. The van der Waals surface area contributed by atoms with E-state index < -0.39 is 0 Å². The minimum Gasteiger partial charge on any atom is -0.507 e. The molecule has 3 heteroatoms. The maximum Gasteiger partial charge on any atom is 0.262 e. The van der Waals surface area contributed by atoms with E-state index in [-0.39, 0.29) is 11.7 Å². The predicted octanol–water partition coefficient (Wildman–Crippen LogP) is 3.98. The van der Waals surface area contributed by atoms with Crippen LogP contribution in [-0.4, -0.2) is 17.6 Å². The molecule has 0 unspecified atom stereocenters. The largest absolute Gasteiger partial charge is 0.507 e. The van der Waals surface area contributed by atoms with Crippen molar-refractivity contribution in [1.29, 1.82) is 0 Å². The van der Waals surface area contributed by atoms with E-state index >= 15 is 0 Å². The molecular weight excluding hydrogens is 262 g/mol. The average Bonchev–Trinajstić information content (AvgIpc) is 2.41. The molecule has 0 spiro atoms. The lowest BCUT2D eigenvalue weighted by atomic mass is 10.1. The van der Waals surface area contributed by atoms with Gasteiger partial charge in [-0.15, -0.1) is 0 Å². The van der Waals surface area contributed by atoms with Gasteiger partial charge in [-0.3, -0.25) is 4.79 Å². The number of anilines is 1. The fraction of sp³-hybridized carbons (Fsp3) is 0.278. The van der Waals surface area contributed by atoms with Crippen molar-refractivity contribution in [2.75, 3.05) is 11.4 Å². The molecule has 0 saturated heterocycles. The molecule has 0 atom stereocenters. The van der Waals surface area contributed by atoms with Crippen LogP contribution >= 0.6 is 0 Å². The predicted molar refractivity (Wildman–Crippen MR) is 86.1 cm³/mol. The highest BCUT2D eigenvalue weighted by molar-refractivity contribution is 6.08. The molecule has 0 heterocycles. The van der Waals surface area contributed by atoms with Crippen molar-refractivity contribution in [3.8, 4) is 5.75 Å². The van der Waals surface area contributed by atoms with Crippen molar-refractivity contribution in [3.05, 3.63) is 58.7 Å². The number of amides is 1. The second-order valence-electron chi connectivity index (χ2n) is 5.37. The quantitative estimate of drug-likeness (QED) is 0.925. The monoisotopic (exact) mass is 283 g/mol. The first-order chi connectivity index (χ1) is 9.93. The minimum atomic E-state index is -0.177. The van der Waals surface area contributed by atoms with E-state index in [9.17, 15) is 9.90 Å². The van der Waals surface area contributed by atoms with Crippen LogP contribution in [0.1, 0.15) is 34.0 Å². The Morgan fingerprint density at radius 3 is 2.29 bits per heavy atom. The number of para-hydroxylation sites is 1. The van der Waals surface area contributed by atoms with Gasteiger partial charge >= 0.3 is 0 Å². The van der Waals surface area contributed by atoms with Gasteiger partial charge in [0.1, 0.15) is 5.75 Å². The first kappa shape index (κ1) is 15.1. The van der Waals surface area contributed by atoms with Crippen molar-refractivity contribution in [2.45, 2.75) is 27.7 Å². The smallest absolute Gasteiger partial charge is 0.262 e. The van der Waals surface area contributed by atoms with Crippen LogP contribution in [0.5, 0.6) is 5.75 Å². The van der Waals surface area contributed by atoms with E-state index in [1.807, 2.05) is 32.9 Å². The number of hydrogen-bond donors (Lipinski definition) is 1. The molecule has 0 aliphatic carbocycles. The number of carbonyl (C=O) groups is 1. The molecule has 110 valence electrons. The Labute approximate surface area is 125 Å². The van der Waals surface area contributed by atoms with E-state index in [0.717, 1.165) is 16.8 Å². The van der Waals surface area contributed by atoms with Gasteiger partial charge in [-0.05, 0) is 62.6 Å². The van der Waals surface area contributed by atoms with Gasteiger partial charge in [-0.1, -0.05) is 18.2 Å². The van der Waals surface area contributed by atoms with Crippen LogP contribution in [0.3, 0.4) is 0 Å². The van der Waals surface area contributed by atoms with E-state index in [2.05, 4.69) is 6.07 Å². The van der Waals surface area contributed by atoms with Gasteiger partial charge in [0.2, 0.25) is 0 Å². The van der Waals surface area contributed by atoms with Gasteiger partial charge in [0.15, 0.2) is 0 Å². The molecule has 3 nitrogen and oxygen atoms in total. The second-order valence-corrected chi connectivity index (χ2v) is 5.37. The topological polar surface area (TPSA) is 40.5 Å². The Kier molecular flexibility index (Phi) is 4.32. The number of rotatable bonds is 3. The lowest BCUT2D eigenvalue weighted by Gasteiger charge is -2.23. The zero-order valence-corrected chi connectivity index (χ0v) is 13.0. The highest BCUT2D eigenvalue weighted by Crippen LogP contribution is 2.26. The van der Waals surface area contributed by atoms with Gasteiger partial charge in [0.05, 0.1) is 5.56 Å². The summed E-state index contributed by atoms with van der Waals surface area (Å²) in [7, 11) is 0. The molecule has 0 aromatic heterocycles. The van der Waals surface area contributed by atoms with Gasteiger partial charge in [-0.2, -0.15) is 0 Å². The second kappa shape index (κ2) is 6.00. The van der Waals surface area contributed by atoms with Crippen molar-refractivity contribution in [3.63, 3.8) is 0 Å². The lowest BCUT2D eigenvalue weighted by molar-refractivity contribution is 0.0985. The summed E-state index contributed by atoms with van der Waals surface area (Å²) < 4.78 is 0. The Hall–Kier alpha value is -2.29. The molecule has 1 amide bonds. The van der Waals surface area contributed by atoms with E-state index in [0.29, 0.717) is 17.7 Å². The number of benzene rings is 2. The van der Waals surface area contributed by atoms with Crippen molar-refractivity contribution in [1.82, 2.24) is 0 Å². The molecule has 2 aromatic rings. The summed E-state index contributed by atoms with van der Waals surface area (Å²) in [5, 5.41) is 10.1. The first-order valence-electron chi connectivity index (χ1n) is 7.12. The van der Waals surface area contributed by atoms with Crippen LogP contribution in [0.15, 0.2) is 36.4 Å². The highest BCUT2D eigenvalue weighted by atomic mass is 16.3. The summed E-state index contributed by atoms with van der Waals surface area (Å²) in [6, 6.07) is 11.3. The molecular formula is C18H21NO2. The van der Waals surface area contributed by atoms with Crippen LogP contribution in [0.25, 0.3) is 0 Å². The third-order valence-corrected chi connectivity index (χ3v) is 3.55. The van der Waals surface area contributed by atoms with Crippen LogP contribution in [-0.2, 0) is 0 Å². The minimum absolute atomic E-state index is 0.0605. The molecule has 0 bridgehead atoms. The highest BCUT2D eigenvalue weighted by Gasteiger charge is 2.20. The zero-order valence-electron chi connectivity index (χ0n) is 13.0. The number of aromatic hydroxyl groups is 1. The van der Waals surface area contributed by atoms with E-state index in [4.69, 9.17) is 0 Å². The fourth-order valence-corrected chi connectivity index (χ4v) is 2.53. The first-order valence-corrected chi connectivity index (χ1v) is 7.12. The summed E-state index contributed by atoms with van der Waals surface area (Å²) in [6.07, 6.45) is 0. The molecule has 21 heavy (non-hydrogen) atoms. The van der Waals surface area contributed by atoms with E-state index in [1.54, 1.807) is 30.0 Å². The maximum atomic E-state index is 12.7. The number of hydrogen-bond acceptors (Lipinski definition) is 2. The fourth-order valence-electron chi connectivity index (χ4n) is 2.53. The Morgan fingerprint density at radius 2 is 1.71 bits per heavy atom. The summed E-state index contributed by atoms with van der Waals surface area (Å²) >= 11 is 0. The molecule has 1 N–H and O–H groups in total. The van der Waals surface area contributed by atoms with Crippen LogP contribution in [0.2, 0.25) is 0 Å². The summed E-state index contributed by atoms with van der Waals surface area (Å²) in [5.41, 5.74) is 4.14. The molecule has 0 saturated carbocycles. The Bertz CT molecular complexity index is 657. The maximum absolute atomic E-state index is 12.7. The number of nitrogens with zero attached hydrogens (tertiary/aromatic N) is 1. The van der Waals surface area contributed by atoms with Gasteiger partial charge in [0, 0.05) is 12.2 Å². The Morgan fingerprint density at radius 1 is 1.10 bits per heavy atom. The molecule has 2 rings (SSSR count). The van der Waals surface area contributed by atoms with Gasteiger partial charge in [-0.25, -0.2) is 0 Å². The van der Waals surface area contributed by atoms with E-state index in [1.165, 1.54) is 0 Å². The lowest BCUT2D eigenvalue weighted by Crippen LogP contribution is -2.30. The Balaban J connectivity index is 2.45. The molecule has 0 aliphatic rings. The van der Waals surface area contributed by atoms with Crippen molar-refractivity contribution < 1.29 is 9.90 Å². The standard InChI is InChI=1S/C18H21NO2/c1-5-19(15-10-12(2)9-13(3)11-15)18(21)16-8-6-7-14(4)17(16)20/h6-11,20H,5H2,1-4H3. The third kappa shape index (κ3) is 3.07. The molecule has 2 aromatic carbocycles. The average molecular weight is 283 g/mol. The normalized spacial score (nSPS) is 10.5. The van der Waals surface area contributed by atoms with Crippen LogP contribution in [0.4, 0.5) is 5.69 Å². The van der Waals surface area contributed by atoms with Crippen molar-refractivity contribution >= 4 is 11.6 Å². The molecule has 0 aliphatic heterocycles. The number of phenolic OH excluding ortho intramolecular Hbond substituents is 1. The third-order valence-electron chi connectivity index (χ3n) is 3.55. The zero-order chi connectivity index (χ0) is 15.6. The van der Waals surface area contributed by atoms with Crippen LogP contribution in [0, 0.1) is 20.8 Å². The van der Waals surface area contributed by atoms with Gasteiger partial charge < -0.3 is 10.0 Å². The summed E-state index contributed by atoms with van der Waals surface area (Å²) in [4.78, 5) is 14.4. The van der Waals surface area contributed by atoms with Gasteiger partial charge in [0.25, 0.3) is 5.91 Å². The molecule has 0 radical (unpaired) electrons. The van der Waals surface area contributed by atoms with Crippen molar-refractivity contribution in [2.24, 2.45) is 0 Å². The summed E-state index contributed by atoms with van der Waals surface area (Å²) in [6.45, 7) is 8.30. The summed E-state index contributed by atoms with van der Waals surface area (Å²) in [5.74, 6) is -0.117. The number of carbonyl (C=O) groups excluding carboxylic acids is 1. The SMILES string of the molecule is CCN(C(=O)c1cccc(C)c1O)c1cc(C)cc(C)c1. The van der Waals surface area contributed by atoms with Crippen LogP contribution < -0.4 is 4.90 Å². The molecule has 0 fully saturated rings. The number of aryl methyl sites for hydroxylation is 3.